The molecule has 2 heterocycles. The van der Waals surface area contributed by atoms with Gasteiger partial charge in [0.15, 0.2) is 0 Å². The van der Waals surface area contributed by atoms with Crippen molar-refractivity contribution in [3.63, 3.8) is 0 Å². The highest BCUT2D eigenvalue weighted by molar-refractivity contribution is 5.88. The average molecular weight is 263 g/mol. The molecule has 1 aromatic heterocycles. The summed E-state index contributed by atoms with van der Waals surface area (Å²) in [5.41, 5.74) is 1.08. The molecule has 104 valence electrons. The highest BCUT2D eigenvalue weighted by Gasteiger charge is 2.26. The van der Waals surface area contributed by atoms with Crippen LogP contribution >= 0.6 is 0 Å². The van der Waals surface area contributed by atoms with Crippen LogP contribution in [0.5, 0.6) is 0 Å². The Bertz CT molecular complexity index is 436. The molecule has 1 aromatic rings. The van der Waals surface area contributed by atoms with E-state index in [1.54, 1.807) is 6.20 Å². The lowest BCUT2D eigenvalue weighted by Crippen LogP contribution is -2.33. The van der Waals surface area contributed by atoms with Crippen LogP contribution in [0.2, 0.25) is 0 Å². The second-order valence-corrected chi connectivity index (χ2v) is 4.91. The van der Waals surface area contributed by atoms with Gasteiger partial charge in [-0.2, -0.15) is 0 Å². The predicted molar refractivity (Wildman–Crippen MR) is 74.2 cm³/mol. The molecule has 1 aliphatic rings. The van der Waals surface area contributed by atoms with Gasteiger partial charge in [-0.1, -0.05) is 0 Å². The lowest BCUT2D eigenvalue weighted by Gasteiger charge is -2.17. The number of aromatic nitrogens is 1. The standard InChI is InChI=1S/C14H21N3O2/c1-3-19-10-12-5-7-17(9-12)14(18)16-13-8-11(2)4-6-15-13/h4,6,8,12H,3,5,7,9-10H2,1-2H3,(H,15,16,18). The second-order valence-electron chi connectivity index (χ2n) is 4.91. The summed E-state index contributed by atoms with van der Waals surface area (Å²) in [7, 11) is 0. The van der Waals surface area contributed by atoms with Gasteiger partial charge in [0.2, 0.25) is 0 Å². The number of hydrogen-bond acceptors (Lipinski definition) is 3. The number of anilines is 1. The van der Waals surface area contributed by atoms with Gasteiger partial charge in [0.05, 0.1) is 6.61 Å². The van der Waals surface area contributed by atoms with Crippen molar-refractivity contribution in [2.45, 2.75) is 20.3 Å². The van der Waals surface area contributed by atoms with Crippen LogP contribution in [0, 0.1) is 12.8 Å². The van der Waals surface area contributed by atoms with Crippen molar-refractivity contribution < 1.29 is 9.53 Å². The Morgan fingerprint density at radius 3 is 3.21 bits per heavy atom. The van der Waals surface area contributed by atoms with E-state index >= 15 is 0 Å². The van der Waals surface area contributed by atoms with E-state index in [0.717, 1.165) is 38.3 Å². The van der Waals surface area contributed by atoms with Crippen LogP contribution in [0.25, 0.3) is 0 Å². The Hall–Kier alpha value is -1.62. The summed E-state index contributed by atoms with van der Waals surface area (Å²) < 4.78 is 5.41. The van der Waals surface area contributed by atoms with Gasteiger partial charge in [-0.15, -0.1) is 0 Å². The summed E-state index contributed by atoms with van der Waals surface area (Å²) in [6.45, 7) is 6.99. The molecule has 2 rings (SSSR count). The molecule has 0 radical (unpaired) electrons. The van der Waals surface area contributed by atoms with E-state index < -0.39 is 0 Å². The molecule has 0 aliphatic carbocycles. The van der Waals surface area contributed by atoms with Crippen molar-refractivity contribution in [2.24, 2.45) is 5.92 Å². The predicted octanol–water partition coefficient (Wildman–Crippen LogP) is 2.28. The number of nitrogens with one attached hydrogen (secondary N) is 1. The van der Waals surface area contributed by atoms with Crippen LogP contribution in [0.15, 0.2) is 18.3 Å². The maximum absolute atomic E-state index is 12.1. The van der Waals surface area contributed by atoms with Crippen LogP contribution in [-0.2, 0) is 4.74 Å². The van der Waals surface area contributed by atoms with E-state index in [0.29, 0.717) is 11.7 Å². The van der Waals surface area contributed by atoms with Crippen molar-refractivity contribution in [3.05, 3.63) is 23.9 Å². The maximum atomic E-state index is 12.1. The smallest absolute Gasteiger partial charge is 0.323 e. The average Bonchev–Trinajstić information content (AvgIpc) is 2.85. The monoisotopic (exact) mass is 263 g/mol. The summed E-state index contributed by atoms with van der Waals surface area (Å²) in [5, 5.41) is 2.84. The summed E-state index contributed by atoms with van der Waals surface area (Å²) in [4.78, 5) is 18.0. The van der Waals surface area contributed by atoms with Gasteiger partial charge in [0, 0.05) is 31.8 Å². The minimum atomic E-state index is -0.0721. The highest BCUT2D eigenvalue weighted by atomic mass is 16.5. The zero-order chi connectivity index (χ0) is 13.7. The first kappa shape index (κ1) is 13.8. The maximum Gasteiger partial charge on any atom is 0.323 e. The number of amides is 2. The molecule has 5 heteroatoms. The second kappa shape index (κ2) is 6.52. The van der Waals surface area contributed by atoms with Crippen LogP contribution in [0.4, 0.5) is 10.6 Å². The molecular weight excluding hydrogens is 242 g/mol. The number of pyridine rings is 1. The Kier molecular flexibility index (Phi) is 4.74. The summed E-state index contributed by atoms with van der Waals surface area (Å²) in [5.74, 6) is 1.06. The van der Waals surface area contributed by atoms with Crippen LogP contribution < -0.4 is 5.32 Å². The van der Waals surface area contributed by atoms with E-state index in [1.165, 1.54) is 0 Å². The van der Waals surface area contributed by atoms with E-state index in [2.05, 4.69) is 10.3 Å². The summed E-state index contributed by atoms with van der Waals surface area (Å²) >= 11 is 0. The topological polar surface area (TPSA) is 54.5 Å². The van der Waals surface area contributed by atoms with E-state index in [1.807, 2.05) is 30.9 Å². The molecule has 5 nitrogen and oxygen atoms in total. The fourth-order valence-corrected chi connectivity index (χ4v) is 2.23. The summed E-state index contributed by atoms with van der Waals surface area (Å²) in [6, 6.07) is 3.70. The third-order valence-electron chi connectivity index (χ3n) is 3.28. The van der Waals surface area contributed by atoms with Gasteiger partial charge in [-0.25, -0.2) is 9.78 Å². The summed E-state index contributed by atoms with van der Waals surface area (Å²) in [6.07, 6.45) is 2.71. The Labute approximate surface area is 114 Å². The van der Waals surface area contributed by atoms with Gasteiger partial charge < -0.3 is 9.64 Å². The number of urea groups is 1. The molecule has 1 aliphatic heterocycles. The van der Waals surface area contributed by atoms with Crippen LogP contribution in [0.1, 0.15) is 18.9 Å². The minimum Gasteiger partial charge on any atom is -0.381 e. The molecule has 1 saturated heterocycles. The normalized spacial score (nSPS) is 18.6. The van der Waals surface area contributed by atoms with Crippen LogP contribution in [0.3, 0.4) is 0 Å². The third-order valence-corrected chi connectivity index (χ3v) is 3.28. The van der Waals surface area contributed by atoms with Gasteiger partial charge >= 0.3 is 6.03 Å². The van der Waals surface area contributed by atoms with Gasteiger partial charge in [0.25, 0.3) is 0 Å². The number of aryl methyl sites for hydroxylation is 1. The van der Waals surface area contributed by atoms with E-state index in [4.69, 9.17) is 4.74 Å². The van der Waals surface area contributed by atoms with Crippen molar-refractivity contribution in [1.29, 1.82) is 0 Å². The molecule has 0 bridgehead atoms. The number of likely N-dealkylation sites (tertiary alicyclic amines) is 1. The van der Waals surface area contributed by atoms with E-state index in [-0.39, 0.29) is 6.03 Å². The zero-order valence-electron chi connectivity index (χ0n) is 11.6. The molecule has 1 atom stereocenters. The van der Waals surface area contributed by atoms with Crippen molar-refractivity contribution >= 4 is 11.8 Å². The van der Waals surface area contributed by atoms with Crippen molar-refractivity contribution in [3.8, 4) is 0 Å². The molecule has 1 N–H and O–H groups in total. The molecule has 0 aromatic carbocycles. The number of hydrogen-bond donors (Lipinski definition) is 1. The number of carbonyl (C=O) groups excluding carboxylic acids is 1. The number of nitrogens with zero attached hydrogens (tertiary/aromatic N) is 2. The third kappa shape index (κ3) is 3.92. The first-order valence-corrected chi connectivity index (χ1v) is 6.75. The molecule has 1 fully saturated rings. The lowest BCUT2D eigenvalue weighted by atomic mass is 10.1. The minimum absolute atomic E-state index is 0.0721. The first-order chi connectivity index (χ1) is 9.19. The van der Waals surface area contributed by atoms with Gasteiger partial charge in [0.1, 0.15) is 5.82 Å². The number of ether oxygens (including phenoxy) is 1. The highest BCUT2D eigenvalue weighted by Crippen LogP contribution is 2.17. The fraction of sp³-hybridized carbons (Fsp3) is 0.571. The molecule has 1 unspecified atom stereocenters. The Morgan fingerprint density at radius 2 is 2.47 bits per heavy atom. The molecule has 19 heavy (non-hydrogen) atoms. The van der Waals surface area contributed by atoms with E-state index in [9.17, 15) is 4.79 Å². The van der Waals surface area contributed by atoms with Gasteiger partial charge in [-0.3, -0.25) is 5.32 Å². The van der Waals surface area contributed by atoms with Crippen molar-refractivity contribution in [2.75, 3.05) is 31.6 Å². The molecule has 2 amide bonds. The zero-order valence-corrected chi connectivity index (χ0v) is 11.6. The van der Waals surface area contributed by atoms with Crippen molar-refractivity contribution in [1.82, 2.24) is 9.88 Å². The number of rotatable bonds is 4. The Balaban J connectivity index is 1.84. The fourth-order valence-electron chi connectivity index (χ4n) is 2.23. The largest absolute Gasteiger partial charge is 0.381 e. The molecule has 0 saturated carbocycles. The molecule has 0 spiro atoms. The number of carbonyl (C=O) groups is 1. The first-order valence-electron chi connectivity index (χ1n) is 6.75. The Morgan fingerprint density at radius 1 is 1.63 bits per heavy atom. The van der Waals surface area contributed by atoms with Gasteiger partial charge in [-0.05, 0) is 38.0 Å². The molecular formula is C14H21N3O2. The SMILES string of the molecule is CCOCC1CCN(C(=O)Nc2cc(C)ccn2)C1. The lowest BCUT2D eigenvalue weighted by molar-refractivity contribution is 0.113. The van der Waals surface area contributed by atoms with Crippen LogP contribution in [-0.4, -0.2) is 42.2 Å². The quantitative estimate of drug-likeness (QED) is 0.906.